The third kappa shape index (κ3) is 2.60. The molecule has 1 aliphatic rings. The number of rotatable bonds is 3. The van der Waals surface area contributed by atoms with Gasteiger partial charge in [0.2, 0.25) is 0 Å². The summed E-state index contributed by atoms with van der Waals surface area (Å²) in [5, 5.41) is 1.32. The Morgan fingerprint density at radius 1 is 1.10 bits per heavy atom. The average Bonchev–Trinajstić information content (AvgIpc) is 2.66. The Hall–Kier alpha value is -1.32. The lowest BCUT2D eigenvalue weighted by Crippen LogP contribution is -2.25. The molecule has 1 saturated heterocycles. The van der Waals surface area contributed by atoms with E-state index in [1.807, 2.05) is 0 Å². The largest absolute Gasteiger partial charge is 0.346 e. The highest BCUT2D eigenvalue weighted by Crippen LogP contribution is 2.24. The Balaban J connectivity index is 1.89. The molecule has 3 nitrogen and oxygen atoms in total. The van der Waals surface area contributed by atoms with E-state index in [1.165, 1.54) is 60.9 Å². The first-order valence-corrected chi connectivity index (χ1v) is 7.78. The molecule has 2 heterocycles. The number of aryl methyl sites for hydroxylation is 1. The van der Waals surface area contributed by atoms with Crippen molar-refractivity contribution in [2.75, 3.05) is 13.1 Å². The fourth-order valence-corrected chi connectivity index (χ4v) is 3.40. The number of nitrogens with two attached hydrogens (primary N) is 1. The summed E-state index contributed by atoms with van der Waals surface area (Å²) in [6.45, 7) is 4.16. The molecule has 0 amide bonds. The van der Waals surface area contributed by atoms with Crippen LogP contribution in [0, 0.1) is 0 Å². The van der Waals surface area contributed by atoms with Crippen molar-refractivity contribution < 1.29 is 0 Å². The molecule has 1 fully saturated rings. The molecule has 0 saturated carbocycles. The second-order valence-electron chi connectivity index (χ2n) is 5.94. The van der Waals surface area contributed by atoms with Gasteiger partial charge in [-0.1, -0.05) is 31.0 Å². The maximum atomic E-state index is 5.88. The molecule has 0 atom stereocenters. The molecular formula is C17H25N3. The van der Waals surface area contributed by atoms with Crippen LogP contribution in [0.3, 0.4) is 0 Å². The topological polar surface area (TPSA) is 34.2 Å². The zero-order chi connectivity index (χ0) is 13.9. The molecule has 1 aromatic heterocycles. The Morgan fingerprint density at radius 3 is 2.55 bits per heavy atom. The van der Waals surface area contributed by atoms with Crippen molar-refractivity contribution in [2.24, 2.45) is 12.8 Å². The van der Waals surface area contributed by atoms with Gasteiger partial charge in [-0.25, -0.2) is 0 Å². The lowest BCUT2D eigenvalue weighted by molar-refractivity contribution is 0.271. The first kappa shape index (κ1) is 13.7. The van der Waals surface area contributed by atoms with Gasteiger partial charge < -0.3 is 10.3 Å². The smallest absolute Gasteiger partial charge is 0.0525 e. The van der Waals surface area contributed by atoms with E-state index in [9.17, 15) is 0 Å². The van der Waals surface area contributed by atoms with Gasteiger partial charge >= 0.3 is 0 Å². The quantitative estimate of drug-likeness (QED) is 0.931. The van der Waals surface area contributed by atoms with E-state index in [-0.39, 0.29) is 0 Å². The molecule has 1 aliphatic heterocycles. The number of hydrogen-bond acceptors (Lipinski definition) is 2. The van der Waals surface area contributed by atoms with E-state index < -0.39 is 0 Å². The van der Waals surface area contributed by atoms with Gasteiger partial charge in [-0.05, 0) is 37.6 Å². The molecule has 1 aromatic carbocycles. The molecule has 0 bridgehead atoms. The molecule has 3 heteroatoms. The predicted octanol–water partition coefficient (Wildman–Crippen LogP) is 3.01. The van der Waals surface area contributed by atoms with Gasteiger partial charge in [0.1, 0.15) is 0 Å². The first-order chi connectivity index (χ1) is 9.79. The van der Waals surface area contributed by atoms with E-state index in [0.717, 1.165) is 6.54 Å². The third-order valence-electron chi connectivity index (χ3n) is 4.54. The molecule has 0 aliphatic carbocycles. The van der Waals surface area contributed by atoms with Gasteiger partial charge in [-0.3, -0.25) is 4.90 Å². The van der Waals surface area contributed by atoms with E-state index in [4.69, 9.17) is 5.73 Å². The minimum Gasteiger partial charge on any atom is -0.346 e. The molecular weight excluding hydrogens is 246 g/mol. The monoisotopic (exact) mass is 271 g/mol. The maximum Gasteiger partial charge on any atom is 0.0525 e. The highest BCUT2D eigenvalue weighted by molar-refractivity contribution is 5.84. The summed E-state index contributed by atoms with van der Waals surface area (Å²) in [6, 6.07) is 8.78. The summed E-state index contributed by atoms with van der Waals surface area (Å²) in [4.78, 5) is 2.60. The Morgan fingerprint density at radius 2 is 1.85 bits per heavy atom. The summed E-state index contributed by atoms with van der Waals surface area (Å²) < 4.78 is 2.34. The number of likely N-dealkylation sites (tertiary alicyclic amines) is 1. The van der Waals surface area contributed by atoms with Crippen molar-refractivity contribution in [1.82, 2.24) is 9.47 Å². The second-order valence-corrected chi connectivity index (χ2v) is 5.94. The van der Waals surface area contributed by atoms with Crippen LogP contribution in [-0.2, 0) is 20.1 Å². The summed E-state index contributed by atoms with van der Waals surface area (Å²) in [6.07, 6.45) is 5.47. The highest BCUT2D eigenvalue weighted by atomic mass is 15.1. The van der Waals surface area contributed by atoms with Gasteiger partial charge in [-0.15, -0.1) is 0 Å². The van der Waals surface area contributed by atoms with E-state index in [2.05, 4.69) is 40.8 Å². The minimum absolute atomic E-state index is 0.609. The summed E-state index contributed by atoms with van der Waals surface area (Å²) in [7, 11) is 2.18. The standard InChI is InChI=1S/C17H25N3/c1-19-16(13-20-9-4-2-3-5-10-20)11-14-7-6-8-15(12-18)17(14)19/h6-8,11H,2-5,9-10,12-13,18H2,1H3. The maximum absolute atomic E-state index is 5.88. The number of hydrogen-bond donors (Lipinski definition) is 1. The van der Waals surface area contributed by atoms with Gasteiger partial charge in [-0.2, -0.15) is 0 Å². The van der Waals surface area contributed by atoms with Crippen LogP contribution in [0.5, 0.6) is 0 Å². The fraction of sp³-hybridized carbons (Fsp3) is 0.529. The number of nitrogens with zero attached hydrogens (tertiary/aromatic N) is 2. The third-order valence-corrected chi connectivity index (χ3v) is 4.54. The van der Waals surface area contributed by atoms with Gasteiger partial charge in [0.25, 0.3) is 0 Å². The lowest BCUT2D eigenvalue weighted by Gasteiger charge is -2.20. The summed E-state index contributed by atoms with van der Waals surface area (Å²) in [5.41, 5.74) is 9.83. The molecule has 2 N–H and O–H groups in total. The molecule has 0 radical (unpaired) electrons. The fourth-order valence-electron chi connectivity index (χ4n) is 3.40. The molecule has 0 unspecified atom stereocenters. The van der Waals surface area contributed by atoms with Crippen LogP contribution in [0.2, 0.25) is 0 Å². The first-order valence-electron chi connectivity index (χ1n) is 7.78. The molecule has 3 rings (SSSR count). The van der Waals surface area contributed by atoms with Crippen LogP contribution in [0.15, 0.2) is 24.3 Å². The number of para-hydroxylation sites is 1. The van der Waals surface area contributed by atoms with Crippen LogP contribution in [0.25, 0.3) is 10.9 Å². The van der Waals surface area contributed by atoms with Crippen molar-refractivity contribution >= 4 is 10.9 Å². The van der Waals surface area contributed by atoms with Crippen LogP contribution in [-0.4, -0.2) is 22.6 Å². The molecule has 0 spiro atoms. The lowest BCUT2D eigenvalue weighted by atomic mass is 10.1. The number of fused-ring (bicyclic) bond motifs is 1. The summed E-state index contributed by atoms with van der Waals surface area (Å²) >= 11 is 0. The van der Waals surface area contributed by atoms with E-state index >= 15 is 0 Å². The van der Waals surface area contributed by atoms with Crippen LogP contribution >= 0.6 is 0 Å². The Kier molecular flexibility index (Phi) is 4.08. The van der Waals surface area contributed by atoms with Gasteiger partial charge in [0, 0.05) is 31.2 Å². The zero-order valence-electron chi connectivity index (χ0n) is 12.4. The van der Waals surface area contributed by atoms with Crippen LogP contribution in [0.1, 0.15) is 36.9 Å². The average molecular weight is 271 g/mol. The second kappa shape index (κ2) is 5.98. The Labute approximate surface area is 121 Å². The summed E-state index contributed by atoms with van der Waals surface area (Å²) in [5.74, 6) is 0. The molecule has 2 aromatic rings. The normalized spacial score (nSPS) is 17.5. The number of aromatic nitrogens is 1. The Bertz CT molecular complexity index is 577. The van der Waals surface area contributed by atoms with Crippen molar-refractivity contribution in [1.29, 1.82) is 0 Å². The van der Waals surface area contributed by atoms with Crippen LogP contribution in [0.4, 0.5) is 0 Å². The SMILES string of the molecule is Cn1c(CN2CCCCCC2)cc2cccc(CN)c21. The number of benzene rings is 1. The molecule has 20 heavy (non-hydrogen) atoms. The van der Waals surface area contributed by atoms with Gasteiger partial charge in [0.05, 0.1) is 5.52 Å². The van der Waals surface area contributed by atoms with Crippen molar-refractivity contribution in [3.05, 3.63) is 35.5 Å². The van der Waals surface area contributed by atoms with Crippen LogP contribution < -0.4 is 5.73 Å². The van der Waals surface area contributed by atoms with Crippen molar-refractivity contribution in [2.45, 2.75) is 38.8 Å². The predicted molar refractivity (Wildman–Crippen MR) is 84.6 cm³/mol. The van der Waals surface area contributed by atoms with E-state index in [1.54, 1.807) is 0 Å². The van der Waals surface area contributed by atoms with E-state index in [0.29, 0.717) is 6.54 Å². The minimum atomic E-state index is 0.609. The zero-order valence-corrected chi connectivity index (χ0v) is 12.4. The molecule has 108 valence electrons. The van der Waals surface area contributed by atoms with Gasteiger partial charge in [0.15, 0.2) is 0 Å². The van der Waals surface area contributed by atoms with Crippen molar-refractivity contribution in [3.8, 4) is 0 Å². The highest BCUT2D eigenvalue weighted by Gasteiger charge is 2.14. The van der Waals surface area contributed by atoms with Crippen molar-refractivity contribution in [3.63, 3.8) is 0 Å².